The number of benzene rings is 1. The molecule has 1 aromatic carbocycles. The highest BCUT2D eigenvalue weighted by molar-refractivity contribution is 8.00. The fourth-order valence-electron chi connectivity index (χ4n) is 1.23. The van der Waals surface area contributed by atoms with E-state index in [-0.39, 0.29) is 0 Å². The van der Waals surface area contributed by atoms with Gasteiger partial charge < -0.3 is 0 Å². The fourth-order valence-corrected chi connectivity index (χ4v) is 2.86. The van der Waals surface area contributed by atoms with Crippen molar-refractivity contribution >= 4 is 19.8 Å². The van der Waals surface area contributed by atoms with E-state index in [1.807, 2.05) is 0 Å². The number of hydrogen-bond donors (Lipinski definition) is 0. The van der Waals surface area contributed by atoms with Crippen LogP contribution >= 0.6 is 0 Å². The van der Waals surface area contributed by atoms with E-state index in [1.54, 1.807) is 36.8 Å². The van der Waals surface area contributed by atoms with Crippen molar-refractivity contribution in [3.05, 3.63) is 29.8 Å². The first-order valence-corrected chi connectivity index (χ1v) is 8.83. The summed E-state index contributed by atoms with van der Waals surface area (Å²) in [5.74, 6) is 0.483. The van der Waals surface area contributed by atoms with Crippen LogP contribution in [0.3, 0.4) is 0 Å². The van der Waals surface area contributed by atoms with Gasteiger partial charge in [0, 0.05) is 11.8 Å². The van der Waals surface area contributed by atoms with Crippen LogP contribution in [-0.2, 0) is 29.7 Å². The van der Waals surface area contributed by atoms with Gasteiger partial charge in [-0.05, 0) is 12.1 Å². The molecule has 0 radical (unpaired) electrons. The molecule has 0 aliphatic carbocycles. The maximum Gasteiger partial charge on any atom is 0.175 e. The Kier molecular flexibility index (Phi) is 3.35. The molecule has 0 atom stereocenters. The maximum absolute atomic E-state index is 11.5. The molecule has 0 unspecified atom stereocenters. The molecule has 0 aromatic heterocycles. The summed E-state index contributed by atoms with van der Waals surface area (Å²) >= 11 is 0. The van der Waals surface area contributed by atoms with E-state index in [0.717, 1.165) is 5.56 Å². The minimum atomic E-state index is -3.13. The Balaban J connectivity index is 2.97. The van der Waals surface area contributed by atoms with Gasteiger partial charge in [-0.2, -0.15) is 0 Å². The lowest BCUT2D eigenvalue weighted by atomic mass is 10.2. The van der Waals surface area contributed by atoms with E-state index in [0.29, 0.717) is 10.6 Å². The Morgan fingerprint density at radius 3 is 1.93 bits per heavy atom. The number of rotatable bonds is 3. The zero-order chi connectivity index (χ0) is 11.7. The molecule has 0 heterocycles. The summed E-state index contributed by atoms with van der Waals surface area (Å²) in [6.07, 6.45) is 4.56. The van der Waals surface area contributed by atoms with Gasteiger partial charge in [-0.25, -0.2) is 8.42 Å². The van der Waals surface area contributed by atoms with Crippen LogP contribution in [0.1, 0.15) is 5.56 Å². The van der Waals surface area contributed by atoms with E-state index in [4.69, 9.17) is 0 Å². The van der Waals surface area contributed by atoms with Gasteiger partial charge in [-0.3, -0.25) is 0 Å². The van der Waals surface area contributed by atoms with Crippen LogP contribution < -0.4 is 0 Å². The highest BCUT2D eigenvalue weighted by Gasteiger charge is 2.14. The summed E-state index contributed by atoms with van der Waals surface area (Å²) in [6.45, 7) is 0. The molecule has 15 heavy (non-hydrogen) atoms. The molecule has 0 bridgehead atoms. The second-order valence-corrected chi connectivity index (χ2v) is 9.18. The molecule has 3 nitrogen and oxygen atoms in total. The van der Waals surface area contributed by atoms with Crippen LogP contribution in [0.5, 0.6) is 0 Å². The van der Waals surface area contributed by atoms with Crippen LogP contribution in [0.25, 0.3) is 0 Å². The predicted molar refractivity (Wildman–Crippen MR) is 63.2 cm³/mol. The second kappa shape index (κ2) is 4.06. The Bertz CT molecular complexity index is 480. The third-order valence-corrected chi connectivity index (χ3v) is 4.02. The molecule has 5 heteroatoms. The second-order valence-electron chi connectivity index (χ2n) is 4.00. The molecule has 0 fully saturated rings. The first kappa shape index (κ1) is 12.4. The third kappa shape index (κ3) is 4.13. The van der Waals surface area contributed by atoms with E-state index >= 15 is 0 Å². The van der Waals surface area contributed by atoms with Gasteiger partial charge in [-0.15, -0.1) is 4.21 Å². The van der Waals surface area contributed by atoms with Crippen molar-refractivity contribution in [2.75, 3.05) is 18.8 Å². The average Bonchev–Trinajstić information content (AvgIpc) is 2.00. The lowest BCUT2D eigenvalue weighted by Crippen LogP contribution is -2.08. The van der Waals surface area contributed by atoms with Gasteiger partial charge in [0.15, 0.2) is 9.84 Å². The van der Waals surface area contributed by atoms with Crippen molar-refractivity contribution in [2.45, 2.75) is 10.6 Å². The normalized spacial score (nSPS) is 12.7. The highest BCUT2D eigenvalue weighted by atomic mass is 32.2. The van der Waals surface area contributed by atoms with Crippen molar-refractivity contribution < 1.29 is 12.6 Å². The van der Waals surface area contributed by atoms with Crippen molar-refractivity contribution in [2.24, 2.45) is 0 Å². The summed E-state index contributed by atoms with van der Waals surface area (Å²) < 4.78 is 33.9. The van der Waals surface area contributed by atoms with Crippen LogP contribution in [0.4, 0.5) is 0 Å². The van der Waals surface area contributed by atoms with E-state index in [2.05, 4.69) is 0 Å². The Labute approximate surface area is 91.9 Å². The molecule has 0 amide bonds. The first-order chi connectivity index (χ1) is 6.68. The lowest BCUT2D eigenvalue weighted by molar-refractivity contribution is 0.590. The molecular formula is C10H15O3S2+. The average molecular weight is 247 g/mol. The first-order valence-electron chi connectivity index (χ1n) is 4.39. The van der Waals surface area contributed by atoms with Gasteiger partial charge in [0.25, 0.3) is 0 Å². The quantitative estimate of drug-likeness (QED) is 0.758. The monoisotopic (exact) mass is 247 g/mol. The molecule has 1 rings (SSSR count). The van der Waals surface area contributed by atoms with Gasteiger partial charge in [0.1, 0.15) is 18.3 Å². The van der Waals surface area contributed by atoms with E-state index < -0.39 is 19.8 Å². The Hall–Kier alpha value is -0.680. The summed E-state index contributed by atoms with van der Waals surface area (Å²) in [4.78, 5) is 0.296. The zero-order valence-corrected chi connectivity index (χ0v) is 10.7. The number of hydrogen-bond acceptors (Lipinski definition) is 3. The van der Waals surface area contributed by atoms with Gasteiger partial charge in [-0.1, -0.05) is 12.1 Å². The van der Waals surface area contributed by atoms with Crippen molar-refractivity contribution in [3.63, 3.8) is 0 Å². The SMILES string of the molecule is CS(=O)(=O)c1ccc(C[S+](C)(C)=O)cc1. The van der Waals surface area contributed by atoms with Crippen LogP contribution in [0, 0.1) is 0 Å². The van der Waals surface area contributed by atoms with Crippen molar-refractivity contribution in [3.8, 4) is 0 Å². The van der Waals surface area contributed by atoms with Crippen LogP contribution in [0.15, 0.2) is 29.2 Å². The standard InChI is InChI=1S/C10H15O3S2/c1-14(2,11)8-9-4-6-10(7-5-9)15(3,12)13/h4-7H,8H2,1-3H3/q+1. The molecule has 0 aliphatic rings. The smallest absolute Gasteiger partial charge is 0.175 e. The van der Waals surface area contributed by atoms with E-state index in [9.17, 15) is 12.6 Å². The molecule has 0 saturated carbocycles. The van der Waals surface area contributed by atoms with Crippen molar-refractivity contribution in [1.29, 1.82) is 0 Å². The Morgan fingerprint density at radius 1 is 1.13 bits per heavy atom. The minimum absolute atomic E-state index is 0.296. The molecule has 0 saturated heterocycles. The Morgan fingerprint density at radius 2 is 1.60 bits per heavy atom. The minimum Gasteiger partial charge on any atom is -0.224 e. The third-order valence-electron chi connectivity index (χ3n) is 1.87. The topological polar surface area (TPSA) is 51.2 Å². The largest absolute Gasteiger partial charge is 0.224 e. The lowest BCUT2D eigenvalue weighted by Gasteiger charge is -2.02. The van der Waals surface area contributed by atoms with Gasteiger partial charge in [0.05, 0.1) is 14.8 Å². The zero-order valence-electron chi connectivity index (χ0n) is 9.06. The fraction of sp³-hybridized carbons (Fsp3) is 0.400. The molecule has 0 aliphatic heterocycles. The summed E-state index contributed by atoms with van der Waals surface area (Å²) in [6, 6.07) is 6.53. The van der Waals surface area contributed by atoms with Crippen molar-refractivity contribution in [1.82, 2.24) is 0 Å². The van der Waals surface area contributed by atoms with Crippen LogP contribution in [-0.4, -0.2) is 27.2 Å². The van der Waals surface area contributed by atoms with E-state index in [1.165, 1.54) is 6.26 Å². The van der Waals surface area contributed by atoms with Gasteiger partial charge >= 0.3 is 0 Å². The molecule has 1 aromatic rings. The molecular weight excluding hydrogens is 232 g/mol. The molecule has 0 N–H and O–H groups in total. The summed E-state index contributed by atoms with van der Waals surface area (Å²) in [5.41, 5.74) is 0.900. The summed E-state index contributed by atoms with van der Waals surface area (Å²) in [7, 11) is -4.96. The van der Waals surface area contributed by atoms with Gasteiger partial charge in [0.2, 0.25) is 0 Å². The molecule has 84 valence electrons. The predicted octanol–water partition coefficient (Wildman–Crippen LogP) is 1.35. The summed E-state index contributed by atoms with van der Waals surface area (Å²) in [5, 5.41) is 0. The molecule has 0 spiro atoms. The van der Waals surface area contributed by atoms with Crippen LogP contribution in [0.2, 0.25) is 0 Å². The number of sulfone groups is 1. The maximum atomic E-state index is 11.5. The highest BCUT2D eigenvalue weighted by Crippen LogP contribution is 2.13.